The van der Waals surface area contributed by atoms with E-state index in [1.165, 1.54) is 0 Å². The molecule has 0 fully saturated rings. The number of rotatable bonds is 2. The second kappa shape index (κ2) is 4.46. The van der Waals surface area contributed by atoms with E-state index < -0.39 is 41.2 Å². The summed E-state index contributed by atoms with van der Waals surface area (Å²) in [6, 6.07) is 2.25. The molecule has 0 saturated carbocycles. The normalized spacial score (nSPS) is 12.7. The van der Waals surface area contributed by atoms with Crippen LogP contribution in [0.3, 0.4) is 0 Å². The van der Waals surface area contributed by atoms with Crippen LogP contribution in [0.2, 0.25) is 0 Å². The summed E-state index contributed by atoms with van der Waals surface area (Å²) in [5.41, 5.74) is 10.7. The first-order chi connectivity index (χ1) is 9.43. The summed E-state index contributed by atoms with van der Waals surface area (Å²) < 4.78 is 63.1. The highest BCUT2D eigenvalue weighted by atomic mass is 32.2. The van der Waals surface area contributed by atoms with Gasteiger partial charge in [-0.1, -0.05) is 0 Å². The SMILES string of the molecule is Nc1cc(S(=O)(=O)O)c2cc(S(=O)(=O)O)cc(O)c2c1N. The average molecular weight is 334 g/mol. The lowest BCUT2D eigenvalue weighted by Gasteiger charge is -2.12. The minimum absolute atomic E-state index is 0.197. The Morgan fingerprint density at radius 2 is 1.48 bits per heavy atom. The van der Waals surface area contributed by atoms with Crippen molar-refractivity contribution in [1.29, 1.82) is 0 Å². The Balaban J connectivity index is 3.14. The predicted octanol–water partition coefficient (Wildman–Crippen LogP) is 0.203. The largest absolute Gasteiger partial charge is 0.507 e. The number of phenolic OH excluding ortho intramolecular Hbond substituents is 1. The Morgan fingerprint density at radius 1 is 0.905 bits per heavy atom. The van der Waals surface area contributed by atoms with Crippen LogP contribution in [-0.2, 0) is 20.2 Å². The molecule has 0 amide bonds. The molecule has 0 aliphatic carbocycles. The maximum absolute atomic E-state index is 11.3. The van der Waals surface area contributed by atoms with Crippen molar-refractivity contribution in [2.45, 2.75) is 9.79 Å². The lowest BCUT2D eigenvalue weighted by molar-refractivity contribution is 0.470. The number of benzene rings is 2. The van der Waals surface area contributed by atoms with Gasteiger partial charge in [0.2, 0.25) is 0 Å². The van der Waals surface area contributed by atoms with E-state index in [1.54, 1.807) is 0 Å². The van der Waals surface area contributed by atoms with E-state index in [4.69, 9.17) is 20.6 Å². The molecule has 0 aromatic heterocycles. The number of hydrogen-bond donors (Lipinski definition) is 5. The number of nitrogens with two attached hydrogens (primary N) is 2. The topological polar surface area (TPSA) is 181 Å². The van der Waals surface area contributed by atoms with Gasteiger partial charge in [0.05, 0.1) is 21.7 Å². The number of fused-ring (bicyclic) bond motifs is 1. The van der Waals surface area contributed by atoms with Gasteiger partial charge in [-0.3, -0.25) is 9.11 Å². The maximum Gasteiger partial charge on any atom is 0.295 e. The van der Waals surface area contributed by atoms with Crippen LogP contribution in [0, 0.1) is 0 Å². The molecule has 0 radical (unpaired) electrons. The molecular weight excluding hydrogens is 324 g/mol. The molecular formula is C10H10N2O7S2. The third kappa shape index (κ3) is 2.58. The minimum Gasteiger partial charge on any atom is -0.507 e. The highest BCUT2D eigenvalue weighted by molar-refractivity contribution is 7.86. The minimum atomic E-state index is -4.77. The lowest BCUT2D eigenvalue weighted by atomic mass is 10.1. The van der Waals surface area contributed by atoms with Crippen molar-refractivity contribution in [2.24, 2.45) is 0 Å². The average Bonchev–Trinajstić information content (AvgIpc) is 2.30. The van der Waals surface area contributed by atoms with Crippen molar-refractivity contribution in [3.63, 3.8) is 0 Å². The molecule has 9 nitrogen and oxygen atoms in total. The van der Waals surface area contributed by atoms with E-state index in [1.807, 2.05) is 0 Å². The fraction of sp³-hybridized carbons (Fsp3) is 0. The number of phenols is 1. The Labute approximate surface area is 119 Å². The molecule has 0 bridgehead atoms. The van der Waals surface area contributed by atoms with E-state index in [2.05, 4.69) is 0 Å². The van der Waals surface area contributed by atoms with Gasteiger partial charge in [0.25, 0.3) is 20.2 Å². The fourth-order valence-electron chi connectivity index (χ4n) is 1.88. The highest BCUT2D eigenvalue weighted by Crippen LogP contribution is 2.39. The van der Waals surface area contributed by atoms with Gasteiger partial charge in [0.1, 0.15) is 10.6 Å². The molecule has 0 spiro atoms. The molecule has 0 saturated heterocycles. The Bertz CT molecular complexity index is 965. The van der Waals surface area contributed by atoms with Crippen LogP contribution < -0.4 is 11.5 Å². The van der Waals surface area contributed by atoms with Crippen LogP contribution in [0.5, 0.6) is 5.75 Å². The number of nitrogen functional groups attached to an aromatic ring is 2. The van der Waals surface area contributed by atoms with Gasteiger partial charge in [-0.25, -0.2) is 0 Å². The number of hydrogen-bond acceptors (Lipinski definition) is 7. The zero-order valence-electron chi connectivity index (χ0n) is 10.2. The fourth-order valence-corrected chi connectivity index (χ4v) is 3.12. The zero-order chi connectivity index (χ0) is 16.2. The van der Waals surface area contributed by atoms with E-state index in [0.29, 0.717) is 6.07 Å². The molecule has 0 aliphatic heterocycles. The quantitative estimate of drug-likeness (QED) is 0.378. The molecule has 11 heteroatoms. The van der Waals surface area contributed by atoms with E-state index in [9.17, 15) is 21.9 Å². The van der Waals surface area contributed by atoms with Crippen molar-refractivity contribution < 1.29 is 31.0 Å². The van der Waals surface area contributed by atoms with Crippen molar-refractivity contribution in [3.05, 3.63) is 18.2 Å². The van der Waals surface area contributed by atoms with Gasteiger partial charge >= 0.3 is 0 Å². The summed E-state index contributed by atoms with van der Waals surface area (Å²) in [4.78, 5) is -1.51. The molecule has 0 atom stereocenters. The van der Waals surface area contributed by atoms with Crippen molar-refractivity contribution in [2.75, 3.05) is 11.5 Å². The third-order valence-corrected chi connectivity index (χ3v) is 4.52. The monoisotopic (exact) mass is 334 g/mol. The third-order valence-electron chi connectivity index (χ3n) is 2.80. The first-order valence-corrected chi connectivity index (χ1v) is 8.10. The van der Waals surface area contributed by atoms with Gasteiger partial charge in [-0.05, 0) is 12.1 Å². The first kappa shape index (κ1) is 15.3. The summed E-state index contributed by atoms with van der Waals surface area (Å²) in [6.07, 6.45) is 0. The van der Waals surface area contributed by atoms with Crippen molar-refractivity contribution in [3.8, 4) is 5.75 Å². The molecule has 7 N–H and O–H groups in total. The molecule has 0 heterocycles. The number of aromatic hydroxyl groups is 1. The van der Waals surface area contributed by atoms with Crippen LogP contribution >= 0.6 is 0 Å². The Hall–Kier alpha value is -2.08. The summed E-state index contributed by atoms with van der Waals surface area (Å²) in [5, 5.41) is 9.18. The second-order valence-electron chi connectivity index (χ2n) is 4.19. The Kier molecular flexibility index (Phi) is 3.25. The van der Waals surface area contributed by atoms with Gasteiger partial charge < -0.3 is 16.6 Å². The molecule has 0 aliphatic rings. The van der Waals surface area contributed by atoms with Crippen LogP contribution in [0.15, 0.2) is 28.0 Å². The van der Waals surface area contributed by atoms with Gasteiger partial charge in [-0.15, -0.1) is 0 Å². The van der Waals surface area contributed by atoms with E-state index >= 15 is 0 Å². The number of anilines is 2. The summed E-state index contributed by atoms with van der Waals surface area (Å²) in [6.45, 7) is 0. The van der Waals surface area contributed by atoms with Crippen LogP contribution in [0.25, 0.3) is 10.8 Å². The van der Waals surface area contributed by atoms with E-state index in [0.717, 1.165) is 12.1 Å². The van der Waals surface area contributed by atoms with Crippen LogP contribution in [0.4, 0.5) is 11.4 Å². The van der Waals surface area contributed by atoms with Gasteiger partial charge in [0, 0.05) is 11.5 Å². The summed E-state index contributed by atoms with van der Waals surface area (Å²) in [7, 11) is -9.48. The highest BCUT2D eigenvalue weighted by Gasteiger charge is 2.23. The van der Waals surface area contributed by atoms with Gasteiger partial charge in [-0.2, -0.15) is 16.8 Å². The first-order valence-electron chi connectivity index (χ1n) is 5.22. The summed E-state index contributed by atoms with van der Waals surface area (Å²) >= 11 is 0. The smallest absolute Gasteiger partial charge is 0.295 e. The standard InChI is InChI=1S/C10H10N2O7S2/c11-6-3-8(21(17,18)19)5-1-4(20(14,15)16)2-7(13)9(5)10(6)12/h1-3,13H,11-12H2,(H,14,15,16)(H,17,18,19). The molecule has 2 rings (SSSR count). The van der Waals surface area contributed by atoms with Crippen LogP contribution in [0.1, 0.15) is 0 Å². The predicted molar refractivity (Wildman–Crippen MR) is 74.1 cm³/mol. The molecule has 2 aromatic carbocycles. The molecule has 21 heavy (non-hydrogen) atoms. The summed E-state index contributed by atoms with van der Waals surface area (Å²) in [5.74, 6) is -0.713. The second-order valence-corrected chi connectivity index (χ2v) is 7.00. The van der Waals surface area contributed by atoms with Crippen LogP contribution in [-0.4, -0.2) is 31.0 Å². The van der Waals surface area contributed by atoms with Crippen molar-refractivity contribution >= 4 is 42.4 Å². The van der Waals surface area contributed by atoms with E-state index in [-0.39, 0.29) is 16.8 Å². The van der Waals surface area contributed by atoms with Crippen molar-refractivity contribution in [1.82, 2.24) is 0 Å². The lowest BCUT2D eigenvalue weighted by Crippen LogP contribution is -2.05. The molecule has 2 aromatic rings. The zero-order valence-corrected chi connectivity index (χ0v) is 11.8. The Morgan fingerprint density at radius 3 is 1.95 bits per heavy atom. The molecule has 0 unspecified atom stereocenters. The molecule has 114 valence electrons. The van der Waals surface area contributed by atoms with Gasteiger partial charge in [0.15, 0.2) is 0 Å². The maximum atomic E-state index is 11.3.